The molecule has 8 heteroatoms. The predicted molar refractivity (Wildman–Crippen MR) is 93.6 cm³/mol. The quantitative estimate of drug-likeness (QED) is 0.780. The van der Waals surface area contributed by atoms with Gasteiger partial charge in [0, 0.05) is 0 Å². The van der Waals surface area contributed by atoms with Crippen molar-refractivity contribution in [2.75, 3.05) is 13.1 Å². The number of hydrogen-bond donors (Lipinski definition) is 2. The molecule has 0 bridgehead atoms. The number of carbonyl (C=O) groups is 1. The first-order valence-electron chi connectivity index (χ1n) is 7.16. The van der Waals surface area contributed by atoms with E-state index in [4.69, 9.17) is 27.9 Å². The number of piperidine rings is 1. The summed E-state index contributed by atoms with van der Waals surface area (Å²) >= 11 is 14.3. The normalized spacial score (nSPS) is 16.5. The van der Waals surface area contributed by atoms with Crippen molar-refractivity contribution in [2.45, 2.75) is 24.5 Å². The molecule has 0 spiro atoms. The second-order valence-electron chi connectivity index (χ2n) is 5.27. The molecule has 1 fully saturated rings. The number of halogens is 2. The summed E-state index contributed by atoms with van der Waals surface area (Å²) in [5.41, 5.74) is -1.87. The highest BCUT2D eigenvalue weighted by Crippen LogP contribution is 2.41. The van der Waals surface area contributed by atoms with Crippen molar-refractivity contribution in [1.29, 1.82) is 0 Å². The fourth-order valence-electron chi connectivity index (χ4n) is 2.49. The monoisotopic (exact) mass is 391 g/mol. The topological polar surface area (TPSA) is 58.6 Å². The summed E-state index contributed by atoms with van der Waals surface area (Å²) in [5, 5.41) is 14.4. The van der Waals surface area contributed by atoms with Crippen LogP contribution in [0.4, 0.5) is 0 Å². The highest BCUT2D eigenvalue weighted by molar-refractivity contribution is 7.18. The van der Waals surface area contributed by atoms with Crippen LogP contribution in [0, 0.1) is 0 Å². The molecule has 0 atom stereocenters. The van der Waals surface area contributed by atoms with E-state index < -0.39 is 11.6 Å². The lowest BCUT2D eigenvalue weighted by molar-refractivity contribution is -0.168. The summed E-state index contributed by atoms with van der Waals surface area (Å²) < 4.78 is 6.57. The van der Waals surface area contributed by atoms with Gasteiger partial charge in [0.15, 0.2) is 0 Å². The molecule has 2 aromatic rings. The van der Waals surface area contributed by atoms with Crippen LogP contribution in [0.5, 0.6) is 0 Å². The molecule has 0 aliphatic carbocycles. The minimum absolute atomic E-state index is 0.193. The van der Waals surface area contributed by atoms with Gasteiger partial charge in [-0.15, -0.1) is 22.7 Å². The van der Waals surface area contributed by atoms with Crippen LogP contribution in [0.25, 0.3) is 0 Å². The first-order valence-corrected chi connectivity index (χ1v) is 9.55. The molecule has 1 saturated heterocycles. The van der Waals surface area contributed by atoms with Crippen LogP contribution in [0.3, 0.4) is 0 Å². The second kappa shape index (κ2) is 7.09. The first kappa shape index (κ1) is 17.2. The highest BCUT2D eigenvalue weighted by atomic mass is 35.5. The van der Waals surface area contributed by atoms with E-state index in [-0.39, 0.29) is 6.10 Å². The third kappa shape index (κ3) is 3.57. The van der Waals surface area contributed by atoms with Gasteiger partial charge in [0.2, 0.25) is 5.60 Å². The molecule has 0 saturated carbocycles. The number of esters is 1. The predicted octanol–water partition coefficient (Wildman–Crippen LogP) is 3.65. The van der Waals surface area contributed by atoms with E-state index in [1.165, 1.54) is 0 Å². The summed E-state index contributed by atoms with van der Waals surface area (Å²) in [5.74, 6) is -0.679. The number of aliphatic hydroxyl groups is 1. The molecular formula is C15H15Cl2NO3S2. The zero-order valence-corrected chi connectivity index (χ0v) is 15.2. The van der Waals surface area contributed by atoms with Gasteiger partial charge in [0.05, 0.1) is 18.4 Å². The molecule has 0 radical (unpaired) electrons. The molecule has 124 valence electrons. The Morgan fingerprint density at radius 1 is 1.13 bits per heavy atom. The number of rotatable bonds is 4. The van der Waals surface area contributed by atoms with Crippen LogP contribution in [-0.2, 0) is 15.1 Å². The SMILES string of the molecule is O=C(OC1CCNCC1)C(O)(c1ccc(Cl)s1)c1ccc(Cl)s1. The van der Waals surface area contributed by atoms with Gasteiger partial charge in [-0.05, 0) is 50.2 Å². The third-order valence-corrected chi connectivity index (χ3v) is 6.39. The average Bonchev–Trinajstić information content (AvgIpc) is 3.16. The van der Waals surface area contributed by atoms with Gasteiger partial charge in [-0.1, -0.05) is 23.2 Å². The Hall–Kier alpha value is -0.630. The molecule has 1 aliphatic heterocycles. The minimum Gasteiger partial charge on any atom is -0.460 e. The number of nitrogens with one attached hydrogen (secondary N) is 1. The van der Waals surface area contributed by atoms with Crippen molar-refractivity contribution in [1.82, 2.24) is 5.32 Å². The van der Waals surface area contributed by atoms with Gasteiger partial charge in [-0.25, -0.2) is 4.79 Å². The molecular weight excluding hydrogens is 377 g/mol. The van der Waals surface area contributed by atoms with Gasteiger partial charge in [-0.3, -0.25) is 0 Å². The van der Waals surface area contributed by atoms with Crippen LogP contribution in [-0.4, -0.2) is 30.3 Å². The van der Waals surface area contributed by atoms with Gasteiger partial charge >= 0.3 is 5.97 Å². The lowest BCUT2D eigenvalue weighted by atomic mass is 9.99. The van der Waals surface area contributed by atoms with Crippen molar-refractivity contribution < 1.29 is 14.6 Å². The maximum absolute atomic E-state index is 12.8. The summed E-state index contributed by atoms with van der Waals surface area (Å²) in [6.45, 7) is 1.60. The molecule has 0 unspecified atom stereocenters. The molecule has 1 aliphatic rings. The standard InChI is InChI=1S/C15H15Cl2NO3S2/c16-12-3-1-10(22-12)15(20,11-2-4-13(17)23-11)14(19)21-9-5-7-18-8-6-9/h1-4,9,18,20H,5-8H2. The average molecular weight is 392 g/mol. The lowest BCUT2D eigenvalue weighted by Crippen LogP contribution is -2.42. The Balaban J connectivity index is 1.92. The highest BCUT2D eigenvalue weighted by Gasteiger charge is 2.45. The van der Waals surface area contributed by atoms with Crippen LogP contribution in [0.15, 0.2) is 24.3 Å². The summed E-state index contributed by atoms with van der Waals surface area (Å²) in [7, 11) is 0. The van der Waals surface area contributed by atoms with Crippen LogP contribution < -0.4 is 5.32 Å². The zero-order chi connectivity index (χ0) is 16.4. The summed E-state index contributed by atoms with van der Waals surface area (Å²) in [6, 6.07) is 6.59. The van der Waals surface area contributed by atoms with E-state index in [1.54, 1.807) is 24.3 Å². The van der Waals surface area contributed by atoms with E-state index in [2.05, 4.69) is 5.32 Å². The van der Waals surface area contributed by atoms with Crippen molar-refractivity contribution in [2.24, 2.45) is 0 Å². The van der Waals surface area contributed by atoms with Gasteiger partial charge in [-0.2, -0.15) is 0 Å². The molecule has 4 nitrogen and oxygen atoms in total. The molecule has 0 aromatic carbocycles. The van der Waals surface area contributed by atoms with E-state index in [1.807, 2.05) is 0 Å². The number of thiophene rings is 2. The van der Waals surface area contributed by atoms with Gasteiger partial charge < -0.3 is 15.2 Å². The van der Waals surface area contributed by atoms with E-state index in [0.717, 1.165) is 48.6 Å². The first-order chi connectivity index (χ1) is 11.0. The fraction of sp³-hybridized carbons (Fsp3) is 0.400. The summed E-state index contributed by atoms with van der Waals surface area (Å²) in [4.78, 5) is 13.6. The van der Waals surface area contributed by atoms with E-state index in [0.29, 0.717) is 18.4 Å². The number of ether oxygens (including phenoxy) is 1. The Bertz CT molecular complexity index is 654. The van der Waals surface area contributed by atoms with Crippen molar-refractivity contribution in [3.63, 3.8) is 0 Å². The Morgan fingerprint density at radius 2 is 1.65 bits per heavy atom. The maximum Gasteiger partial charge on any atom is 0.349 e. The minimum atomic E-state index is -1.87. The Labute approximate surface area is 152 Å². The van der Waals surface area contributed by atoms with E-state index in [9.17, 15) is 9.90 Å². The van der Waals surface area contributed by atoms with Crippen molar-refractivity contribution in [3.8, 4) is 0 Å². The zero-order valence-electron chi connectivity index (χ0n) is 12.1. The van der Waals surface area contributed by atoms with Crippen LogP contribution in [0.1, 0.15) is 22.6 Å². The van der Waals surface area contributed by atoms with Crippen molar-refractivity contribution in [3.05, 3.63) is 42.7 Å². The van der Waals surface area contributed by atoms with E-state index >= 15 is 0 Å². The number of carbonyl (C=O) groups excluding carboxylic acids is 1. The molecule has 2 aromatic heterocycles. The Morgan fingerprint density at radius 3 is 2.09 bits per heavy atom. The molecule has 0 amide bonds. The fourth-order valence-corrected chi connectivity index (χ4v) is 4.83. The summed E-state index contributed by atoms with van der Waals surface area (Å²) in [6.07, 6.45) is 1.28. The van der Waals surface area contributed by atoms with Crippen LogP contribution >= 0.6 is 45.9 Å². The second-order valence-corrected chi connectivity index (χ2v) is 8.70. The molecule has 3 rings (SSSR count). The largest absolute Gasteiger partial charge is 0.460 e. The smallest absolute Gasteiger partial charge is 0.349 e. The maximum atomic E-state index is 12.8. The number of hydrogen-bond acceptors (Lipinski definition) is 6. The third-order valence-electron chi connectivity index (χ3n) is 3.71. The Kier molecular flexibility index (Phi) is 5.30. The van der Waals surface area contributed by atoms with Crippen molar-refractivity contribution >= 4 is 51.8 Å². The van der Waals surface area contributed by atoms with Gasteiger partial charge in [0.25, 0.3) is 0 Å². The van der Waals surface area contributed by atoms with Gasteiger partial charge in [0.1, 0.15) is 6.10 Å². The molecule has 23 heavy (non-hydrogen) atoms. The molecule has 2 N–H and O–H groups in total. The lowest BCUT2D eigenvalue weighted by Gasteiger charge is -2.29. The molecule has 3 heterocycles. The van der Waals surface area contributed by atoms with Crippen LogP contribution in [0.2, 0.25) is 8.67 Å².